The van der Waals surface area contributed by atoms with Crippen LogP contribution in [0.5, 0.6) is 0 Å². The van der Waals surface area contributed by atoms with Crippen molar-refractivity contribution in [1.29, 1.82) is 0 Å². The summed E-state index contributed by atoms with van der Waals surface area (Å²) in [6.45, 7) is 1.94. The van der Waals surface area contributed by atoms with E-state index in [0.29, 0.717) is 12.1 Å². The van der Waals surface area contributed by atoms with Crippen LogP contribution < -0.4 is 5.73 Å². The van der Waals surface area contributed by atoms with Gasteiger partial charge in [0.15, 0.2) is 0 Å². The number of para-hydroxylation sites is 1. The molecule has 0 radical (unpaired) electrons. The number of hydrogen-bond donors (Lipinski definition) is 2. The fourth-order valence-electron chi connectivity index (χ4n) is 2.14. The van der Waals surface area contributed by atoms with Crippen LogP contribution in [0, 0.1) is 5.92 Å². The SMILES string of the molecule is CC1CC1(C(=O)O)c1cccc(Br)c1N. The molecule has 0 saturated heterocycles. The van der Waals surface area contributed by atoms with Gasteiger partial charge < -0.3 is 10.8 Å². The Balaban J connectivity index is 2.55. The van der Waals surface area contributed by atoms with Crippen molar-refractivity contribution in [3.63, 3.8) is 0 Å². The number of rotatable bonds is 2. The van der Waals surface area contributed by atoms with Crippen molar-refractivity contribution >= 4 is 27.6 Å². The maximum absolute atomic E-state index is 11.3. The van der Waals surface area contributed by atoms with E-state index >= 15 is 0 Å². The summed E-state index contributed by atoms with van der Waals surface area (Å²) in [5.74, 6) is -0.619. The van der Waals surface area contributed by atoms with Crippen molar-refractivity contribution in [2.24, 2.45) is 5.92 Å². The predicted molar refractivity (Wildman–Crippen MR) is 61.6 cm³/mol. The van der Waals surface area contributed by atoms with Crippen LogP contribution in [-0.4, -0.2) is 11.1 Å². The summed E-state index contributed by atoms with van der Waals surface area (Å²) in [5.41, 5.74) is 6.42. The molecule has 2 unspecified atom stereocenters. The molecule has 15 heavy (non-hydrogen) atoms. The first-order chi connectivity index (χ1) is 7.00. The lowest BCUT2D eigenvalue weighted by Crippen LogP contribution is -2.23. The highest BCUT2D eigenvalue weighted by molar-refractivity contribution is 9.10. The number of aliphatic carboxylic acids is 1. The molecule has 0 bridgehead atoms. The molecule has 1 aliphatic rings. The van der Waals surface area contributed by atoms with Crippen molar-refractivity contribution in [3.05, 3.63) is 28.2 Å². The number of hydrogen-bond acceptors (Lipinski definition) is 2. The van der Waals surface area contributed by atoms with Gasteiger partial charge in [-0.3, -0.25) is 4.79 Å². The fourth-order valence-corrected chi connectivity index (χ4v) is 2.50. The Morgan fingerprint density at radius 2 is 2.27 bits per heavy atom. The van der Waals surface area contributed by atoms with Gasteiger partial charge in [0.25, 0.3) is 0 Å². The van der Waals surface area contributed by atoms with Crippen LogP contribution in [0.15, 0.2) is 22.7 Å². The van der Waals surface area contributed by atoms with Crippen LogP contribution in [0.25, 0.3) is 0 Å². The number of halogens is 1. The normalized spacial score (nSPS) is 28.8. The molecule has 0 heterocycles. The smallest absolute Gasteiger partial charge is 0.314 e. The molecule has 1 aromatic carbocycles. The van der Waals surface area contributed by atoms with Crippen molar-refractivity contribution < 1.29 is 9.90 Å². The number of benzene rings is 1. The van der Waals surface area contributed by atoms with Gasteiger partial charge in [-0.15, -0.1) is 0 Å². The summed E-state index contributed by atoms with van der Waals surface area (Å²) >= 11 is 3.32. The number of anilines is 1. The van der Waals surface area contributed by atoms with E-state index in [0.717, 1.165) is 10.0 Å². The zero-order valence-electron chi connectivity index (χ0n) is 8.33. The molecule has 80 valence electrons. The summed E-state index contributed by atoms with van der Waals surface area (Å²) < 4.78 is 0.764. The maximum atomic E-state index is 11.3. The van der Waals surface area contributed by atoms with Crippen molar-refractivity contribution in [3.8, 4) is 0 Å². The van der Waals surface area contributed by atoms with Gasteiger partial charge in [-0.2, -0.15) is 0 Å². The van der Waals surface area contributed by atoms with Crippen molar-refractivity contribution in [1.82, 2.24) is 0 Å². The Labute approximate surface area is 96.4 Å². The predicted octanol–water partition coefficient (Wildman–Crippen LogP) is 2.39. The van der Waals surface area contributed by atoms with E-state index in [1.165, 1.54) is 0 Å². The lowest BCUT2D eigenvalue weighted by molar-refractivity contribution is -0.140. The van der Waals surface area contributed by atoms with E-state index in [2.05, 4.69) is 15.9 Å². The summed E-state index contributed by atoms with van der Waals surface area (Å²) in [4.78, 5) is 11.3. The Hall–Kier alpha value is -1.03. The Kier molecular flexibility index (Phi) is 2.26. The maximum Gasteiger partial charge on any atom is 0.314 e. The van der Waals surface area contributed by atoms with Gasteiger partial charge in [-0.25, -0.2) is 0 Å². The molecule has 1 aromatic rings. The Morgan fingerprint density at radius 1 is 1.67 bits per heavy atom. The summed E-state index contributed by atoms with van der Waals surface area (Å²) in [6.07, 6.45) is 0.670. The van der Waals surface area contributed by atoms with Crippen LogP contribution in [-0.2, 0) is 10.2 Å². The number of nitrogens with two attached hydrogens (primary N) is 1. The second kappa shape index (κ2) is 3.23. The number of carbonyl (C=O) groups is 1. The lowest BCUT2D eigenvalue weighted by atomic mass is 9.92. The monoisotopic (exact) mass is 269 g/mol. The van der Waals surface area contributed by atoms with Crippen LogP contribution in [0.2, 0.25) is 0 Å². The number of carboxylic acids is 1. The average molecular weight is 270 g/mol. The van der Waals surface area contributed by atoms with Crippen LogP contribution in [0.3, 0.4) is 0 Å². The van der Waals surface area contributed by atoms with Gasteiger partial charge in [-0.1, -0.05) is 19.1 Å². The average Bonchev–Trinajstić information content (AvgIpc) is 2.83. The second-order valence-corrected chi connectivity index (χ2v) is 4.94. The van der Waals surface area contributed by atoms with Crippen molar-refractivity contribution in [2.45, 2.75) is 18.8 Å². The van der Waals surface area contributed by atoms with Crippen LogP contribution >= 0.6 is 15.9 Å². The highest BCUT2D eigenvalue weighted by atomic mass is 79.9. The first-order valence-electron chi connectivity index (χ1n) is 4.78. The first kappa shape index (κ1) is 10.5. The molecule has 3 nitrogen and oxygen atoms in total. The summed E-state index contributed by atoms with van der Waals surface area (Å²) in [6, 6.07) is 5.45. The minimum atomic E-state index is -0.778. The van der Waals surface area contributed by atoms with Gasteiger partial charge in [-0.05, 0) is 39.9 Å². The zero-order chi connectivity index (χ0) is 11.2. The molecule has 1 fully saturated rings. The largest absolute Gasteiger partial charge is 0.481 e. The molecule has 1 saturated carbocycles. The van der Waals surface area contributed by atoms with Crippen molar-refractivity contribution in [2.75, 3.05) is 5.73 Å². The van der Waals surface area contributed by atoms with E-state index in [4.69, 9.17) is 5.73 Å². The molecule has 1 aliphatic carbocycles. The minimum Gasteiger partial charge on any atom is -0.481 e. The van der Waals surface area contributed by atoms with Gasteiger partial charge in [0.1, 0.15) is 0 Å². The molecule has 4 heteroatoms. The lowest BCUT2D eigenvalue weighted by Gasteiger charge is -2.15. The fraction of sp³-hybridized carbons (Fsp3) is 0.364. The molecule has 0 amide bonds. The standard InChI is InChI=1S/C11H12BrNO2/c1-6-5-11(6,10(14)15)7-3-2-4-8(12)9(7)13/h2-4,6H,5,13H2,1H3,(H,14,15). The third kappa shape index (κ3) is 1.35. The minimum absolute atomic E-state index is 0.159. The second-order valence-electron chi connectivity index (χ2n) is 4.08. The number of nitrogen functional groups attached to an aromatic ring is 1. The molecular weight excluding hydrogens is 258 g/mol. The first-order valence-corrected chi connectivity index (χ1v) is 5.57. The van der Waals surface area contributed by atoms with E-state index in [1.54, 1.807) is 6.07 Å². The third-order valence-corrected chi connectivity index (χ3v) is 3.92. The number of carboxylic acid groups (broad SMARTS) is 1. The molecular formula is C11H12BrNO2. The van der Waals surface area contributed by atoms with E-state index in [-0.39, 0.29) is 5.92 Å². The molecule has 0 aliphatic heterocycles. The topological polar surface area (TPSA) is 63.3 Å². The van der Waals surface area contributed by atoms with Crippen LogP contribution in [0.4, 0.5) is 5.69 Å². The highest BCUT2D eigenvalue weighted by Crippen LogP contribution is 2.56. The molecule has 3 N–H and O–H groups in total. The Morgan fingerprint density at radius 3 is 2.73 bits per heavy atom. The highest BCUT2D eigenvalue weighted by Gasteiger charge is 2.59. The zero-order valence-corrected chi connectivity index (χ0v) is 9.91. The van der Waals surface area contributed by atoms with E-state index in [9.17, 15) is 9.90 Å². The molecule has 0 spiro atoms. The van der Waals surface area contributed by atoms with Crippen LogP contribution in [0.1, 0.15) is 18.9 Å². The van der Waals surface area contributed by atoms with Gasteiger partial charge in [0.2, 0.25) is 0 Å². The quantitative estimate of drug-likeness (QED) is 0.811. The third-order valence-electron chi connectivity index (χ3n) is 3.22. The van der Waals surface area contributed by atoms with Gasteiger partial charge >= 0.3 is 5.97 Å². The molecule has 0 aromatic heterocycles. The molecule has 2 rings (SSSR count). The Bertz CT molecular complexity index is 433. The van der Waals surface area contributed by atoms with E-state index in [1.807, 2.05) is 19.1 Å². The van der Waals surface area contributed by atoms with E-state index < -0.39 is 11.4 Å². The van der Waals surface area contributed by atoms with Gasteiger partial charge in [0.05, 0.1) is 11.1 Å². The summed E-state index contributed by atoms with van der Waals surface area (Å²) in [7, 11) is 0. The van der Waals surface area contributed by atoms with Gasteiger partial charge in [0, 0.05) is 4.47 Å². The molecule has 2 atom stereocenters. The summed E-state index contributed by atoms with van der Waals surface area (Å²) in [5, 5.41) is 9.27.